The molecule has 1 aromatic heterocycles. The molecule has 3 rings (SSSR count). The summed E-state index contributed by atoms with van der Waals surface area (Å²) in [7, 11) is 0. The van der Waals surface area contributed by atoms with Gasteiger partial charge in [-0.2, -0.15) is 0 Å². The van der Waals surface area contributed by atoms with Crippen molar-refractivity contribution in [2.45, 2.75) is 6.92 Å². The first-order chi connectivity index (χ1) is 11.1. The molecule has 0 spiro atoms. The largest absolute Gasteiger partial charge is 0.545 e. The molecule has 0 radical (unpaired) electrons. The summed E-state index contributed by atoms with van der Waals surface area (Å²) in [6.07, 6.45) is 0. The molecule has 0 saturated heterocycles. The second-order valence-electron chi connectivity index (χ2n) is 5.36. The standard InChI is InChI=1S/C19H16O4/c1-12(2)11-22-14-8-9-16-15(10-14)17(19(20)21)18(23-16)13-6-4-3-5-7-13/h3-10H,1,11H2,2H3,(H,20,21)/p-1. The number of carbonyl (C=O) groups is 1. The molecule has 4 nitrogen and oxygen atoms in total. The van der Waals surface area contributed by atoms with Gasteiger partial charge in [-0.1, -0.05) is 36.9 Å². The van der Waals surface area contributed by atoms with E-state index in [4.69, 9.17) is 9.15 Å². The van der Waals surface area contributed by atoms with Crippen LogP contribution in [0.25, 0.3) is 22.3 Å². The monoisotopic (exact) mass is 307 g/mol. The van der Waals surface area contributed by atoms with Gasteiger partial charge in [-0.05, 0) is 30.7 Å². The Labute approximate surface area is 133 Å². The Kier molecular flexibility index (Phi) is 3.89. The van der Waals surface area contributed by atoms with Gasteiger partial charge in [-0.15, -0.1) is 0 Å². The molecule has 4 heteroatoms. The number of hydrogen-bond donors (Lipinski definition) is 0. The molecule has 0 bridgehead atoms. The van der Waals surface area contributed by atoms with Crippen LogP contribution in [0.4, 0.5) is 0 Å². The van der Waals surface area contributed by atoms with Crippen molar-refractivity contribution < 1.29 is 19.1 Å². The third-order valence-electron chi connectivity index (χ3n) is 3.38. The van der Waals surface area contributed by atoms with E-state index in [-0.39, 0.29) is 11.3 Å². The summed E-state index contributed by atoms with van der Waals surface area (Å²) < 4.78 is 11.3. The highest BCUT2D eigenvalue weighted by molar-refractivity contribution is 6.07. The SMILES string of the molecule is C=C(C)COc1ccc2oc(-c3ccccc3)c(C(=O)[O-])c2c1. The highest BCUT2D eigenvalue weighted by Crippen LogP contribution is 2.35. The predicted molar refractivity (Wildman–Crippen MR) is 86.3 cm³/mol. The number of fused-ring (bicyclic) bond motifs is 1. The maximum atomic E-state index is 11.6. The zero-order valence-corrected chi connectivity index (χ0v) is 12.7. The van der Waals surface area contributed by atoms with Crippen LogP contribution < -0.4 is 9.84 Å². The Morgan fingerprint density at radius 1 is 1.22 bits per heavy atom. The first-order valence-corrected chi connectivity index (χ1v) is 7.17. The fourth-order valence-electron chi connectivity index (χ4n) is 2.37. The Hall–Kier alpha value is -3.01. The molecule has 0 aliphatic carbocycles. The van der Waals surface area contributed by atoms with Crippen molar-refractivity contribution in [1.82, 2.24) is 0 Å². The average molecular weight is 307 g/mol. The van der Waals surface area contributed by atoms with Gasteiger partial charge in [0.1, 0.15) is 23.7 Å². The number of furan rings is 1. The van der Waals surface area contributed by atoms with Crippen LogP contribution in [-0.4, -0.2) is 12.6 Å². The van der Waals surface area contributed by atoms with Crippen LogP contribution in [0.2, 0.25) is 0 Å². The summed E-state index contributed by atoms with van der Waals surface area (Å²) in [6, 6.07) is 14.2. The van der Waals surface area contributed by atoms with Crippen LogP contribution in [0.1, 0.15) is 17.3 Å². The molecule has 0 atom stereocenters. The van der Waals surface area contributed by atoms with Crippen LogP contribution in [-0.2, 0) is 0 Å². The number of hydrogen-bond acceptors (Lipinski definition) is 4. The molecule has 116 valence electrons. The number of carbonyl (C=O) groups excluding carboxylic acids is 1. The van der Waals surface area contributed by atoms with E-state index in [1.54, 1.807) is 30.3 Å². The predicted octanol–water partition coefficient (Wildman–Crippen LogP) is 3.42. The van der Waals surface area contributed by atoms with Gasteiger partial charge in [-0.3, -0.25) is 0 Å². The number of rotatable bonds is 5. The van der Waals surface area contributed by atoms with E-state index < -0.39 is 5.97 Å². The minimum atomic E-state index is -1.28. The van der Waals surface area contributed by atoms with Crippen LogP contribution in [0.15, 0.2) is 65.1 Å². The topological polar surface area (TPSA) is 62.5 Å². The molecule has 1 heterocycles. The van der Waals surface area contributed by atoms with E-state index in [2.05, 4.69) is 6.58 Å². The minimum absolute atomic E-state index is 0.0342. The van der Waals surface area contributed by atoms with Crippen LogP contribution >= 0.6 is 0 Å². The van der Waals surface area contributed by atoms with Gasteiger partial charge in [0.2, 0.25) is 0 Å². The second-order valence-corrected chi connectivity index (χ2v) is 5.36. The lowest BCUT2D eigenvalue weighted by Gasteiger charge is -2.06. The lowest BCUT2D eigenvalue weighted by molar-refractivity contribution is -0.254. The Morgan fingerprint density at radius 3 is 2.61 bits per heavy atom. The Bertz CT molecular complexity index is 875. The zero-order chi connectivity index (χ0) is 16.4. The quantitative estimate of drug-likeness (QED) is 0.678. The molecule has 0 aliphatic rings. The number of carboxylic acid groups (broad SMARTS) is 1. The maximum absolute atomic E-state index is 11.6. The number of aromatic carboxylic acids is 1. The normalized spacial score (nSPS) is 10.7. The smallest absolute Gasteiger partial charge is 0.144 e. The van der Waals surface area contributed by atoms with Gasteiger partial charge in [0.15, 0.2) is 0 Å². The highest BCUT2D eigenvalue weighted by Gasteiger charge is 2.17. The van der Waals surface area contributed by atoms with Crippen molar-refractivity contribution >= 4 is 16.9 Å². The van der Waals surface area contributed by atoms with Crippen LogP contribution in [0.5, 0.6) is 5.75 Å². The maximum Gasteiger partial charge on any atom is 0.144 e. The van der Waals surface area contributed by atoms with Crippen LogP contribution in [0, 0.1) is 0 Å². The molecule has 0 fully saturated rings. The number of carboxylic acids is 1. The van der Waals surface area contributed by atoms with Gasteiger partial charge in [-0.25, -0.2) is 0 Å². The van der Waals surface area contributed by atoms with Gasteiger partial charge >= 0.3 is 0 Å². The molecule has 3 aromatic rings. The lowest BCUT2D eigenvalue weighted by Crippen LogP contribution is -2.22. The summed E-state index contributed by atoms with van der Waals surface area (Å²) >= 11 is 0. The van der Waals surface area contributed by atoms with Gasteiger partial charge in [0, 0.05) is 10.9 Å². The van der Waals surface area contributed by atoms with E-state index in [1.165, 1.54) is 0 Å². The van der Waals surface area contributed by atoms with E-state index in [0.717, 1.165) is 5.57 Å². The van der Waals surface area contributed by atoms with Crippen molar-refractivity contribution in [3.63, 3.8) is 0 Å². The molecular formula is C19H15O4-. The van der Waals surface area contributed by atoms with Gasteiger partial charge < -0.3 is 19.1 Å². The summed E-state index contributed by atoms with van der Waals surface area (Å²) in [5.41, 5.74) is 2.08. The molecule has 0 saturated carbocycles. The fourth-order valence-corrected chi connectivity index (χ4v) is 2.37. The van der Waals surface area contributed by atoms with E-state index in [9.17, 15) is 9.90 Å². The van der Waals surface area contributed by atoms with E-state index in [0.29, 0.717) is 28.9 Å². The Morgan fingerprint density at radius 2 is 1.96 bits per heavy atom. The van der Waals surface area contributed by atoms with E-state index >= 15 is 0 Å². The Balaban J connectivity index is 2.14. The van der Waals surface area contributed by atoms with Gasteiger partial charge in [0.05, 0.1) is 11.5 Å². The van der Waals surface area contributed by atoms with Crippen molar-refractivity contribution in [1.29, 1.82) is 0 Å². The van der Waals surface area contributed by atoms with E-state index in [1.807, 2.05) is 25.1 Å². The summed E-state index contributed by atoms with van der Waals surface area (Å²) in [4.78, 5) is 11.6. The van der Waals surface area contributed by atoms with Gasteiger partial charge in [0.25, 0.3) is 0 Å². The first kappa shape index (κ1) is 14.9. The second kappa shape index (κ2) is 6.01. The minimum Gasteiger partial charge on any atom is -0.545 e. The summed E-state index contributed by atoms with van der Waals surface area (Å²) in [6.45, 7) is 6.00. The van der Waals surface area contributed by atoms with Crippen molar-refractivity contribution in [2.75, 3.05) is 6.61 Å². The zero-order valence-electron chi connectivity index (χ0n) is 12.7. The number of benzene rings is 2. The molecule has 23 heavy (non-hydrogen) atoms. The fraction of sp³-hybridized carbons (Fsp3) is 0.105. The molecular weight excluding hydrogens is 292 g/mol. The average Bonchev–Trinajstić information content (AvgIpc) is 2.92. The first-order valence-electron chi connectivity index (χ1n) is 7.17. The van der Waals surface area contributed by atoms with Crippen molar-refractivity contribution in [3.05, 3.63) is 66.2 Å². The third-order valence-corrected chi connectivity index (χ3v) is 3.38. The third kappa shape index (κ3) is 2.97. The molecule has 0 aliphatic heterocycles. The lowest BCUT2D eigenvalue weighted by atomic mass is 10.1. The molecule has 0 N–H and O–H groups in total. The molecule has 0 unspecified atom stereocenters. The summed E-state index contributed by atoms with van der Waals surface area (Å²) in [5, 5.41) is 12.1. The molecule has 2 aromatic carbocycles. The molecule has 0 amide bonds. The number of ether oxygens (including phenoxy) is 1. The highest BCUT2D eigenvalue weighted by atomic mass is 16.5. The van der Waals surface area contributed by atoms with Crippen molar-refractivity contribution in [2.24, 2.45) is 0 Å². The summed E-state index contributed by atoms with van der Waals surface area (Å²) in [5.74, 6) is -0.430. The van der Waals surface area contributed by atoms with Crippen LogP contribution in [0.3, 0.4) is 0 Å². The van der Waals surface area contributed by atoms with Crippen molar-refractivity contribution in [3.8, 4) is 17.1 Å².